The van der Waals surface area contributed by atoms with E-state index < -0.39 is 0 Å². The van der Waals surface area contributed by atoms with Gasteiger partial charge in [-0.25, -0.2) is 9.97 Å². The zero-order chi connectivity index (χ0) is 7.68. The molecule has 11 heavy (non-hydrogen) atoms. The van der Waals surface area contributed by atoms with Gasteiger partial charge in [-0.1, -0.05) is 0 Å². The highest BCUT2D eigenvalue weighted by Crippen LogP contribution is 2.03. The molecular weight excluding hydrogens is 144 g/mol. The molecule has 0 fully saturated rings. The average molecular weight is 147 g/mol. The van der Waals surface area contributed by atoms with Crippen molar-refractivity contribution in [2.24, 2.45) is 0 Å². The normalized spacial score (nSPS) is 10.2. The van der Waals surface area contributed by atoms with Gasteiger partial charge in [0.2, 0.25) is 5.82 Å². The third-order valence-corrected chi connectivity index (χ3v) is 1.28. The molecule has 53 valence electrons. The zero-order valence-electron chi connectivity index (χ0n) is 5.40. The molecule has 0 atom stereocenters. The van der Waals surface area contributed by atoms with Crippen LogP contribution < -0.4 is 0 Å². The Morgan fingerprint density at radius 1 is 1.45 bits per heavy atom. The Kier molecular flexibility index (Phi) is 1.15. The summed E-state index contributed by atoms with van der Waals surface area (Å²) < 4.78 is 0. The van der Waals surface area contributed by atoms with Crippen molar-refractivity contribution < 1.29 is 4.79 Å². The molecule has 5 heteroatoms. The van der Waals surface area contributed by atoms with Crippen molar-refractivity contribution in [3.8, 4) is 0 Å². The maximum absolute atomic E-state index is 10.1. The van der Waals surface area contributed by atoms with E-state index in [2.05, 4.69) is 20.2 Å². The van der Waals surface area contributed by atoms with Gasteiger partial charge in [-0.2, -0.15) is 5.10 Å². The van der Waals surface area contributed by atoms with Crippen LogP contribution in [-0.4, -0.2) is 26.5 Å². The number of hydrogen-bond donors (Lipinski definition) is 1. The molecular formula is C6H3N4O. The van der Waals surface area contributed by atoms with Gasteiger partial charge in [-0.05, 0) is 0 Å². The van der Waals surface area contributed by atoms with Gasteiger partial charge in [0.05, 0.1) is 12.4 Å². The van der Waals surface area contributed by atoms with E-state index in [1.807, 2.05) is 0 Å². The first-order valence-electron chi connectivity index (χ1n) is 2.94. The fraction of sp³-hybridized carbons (Fsp3) is 0. The lowest BCUT2D eigenvalue weighted by Gasteiger charge is -1.86. The smallest absolute Gasteiger partial charge is 0.274 e. The molecule has 0 saturated heterocycles. The number of fused-ring (bicyclic) bond motifs is 1. The van der Waals surface area contributed by atoms with Crippen LogP contribution in [0.3, 0.4) is 0 Å². The standard InChI is InChI=1S/C6H3N4O/c11-3-6-7-1-5-4(9-6)2-8-10-5/h1-2H,(H,8,10). The van der Waals surface area contributed by atoms with E-state index in [0.717, 1.165) is 0 Å². The van der Waals surface area contributed by atoms with E-state index in [-0.39, 0.29) is 5.82 Å². The molecule has 5 nitrogen and oxygen atoms in total. The Hall–Kier alpha value is -1.78. The van der Waals surface area contributed by atoms with Gasteiger partial charge in [-0.3, -0.25) is 9.89 Å². The van der Waals surface area contributed by atoms with Gasteiger partial charge < -0.3 is 0 Å². The van der Waals surface area contributed by atoms with E-state index in [1.165, 1.54) is 12.4 Å². The lowest BCUT2D eigenvalue weighted by molar-refractivity contribution is 0.560. The van der Waals surface area contributed by atoms with E-state index >= 15 is 0 Å². The summed E-state index contributed by atoms with van der Waals surface area (Å²) in [6, 6.07) is 0. The second-order valence-corrected chi connectivity index (χ2v) is 1.96. The van der Waals surface area contributed by atoms with Crippen LogP contribution in [0, 0.1) is 0 Å². The summed E-state index contributed by atoms with van der Waals surface area (Å²) in [5, 5.41) is 6.39. The molecule has 1 radical (unpaired) electrons. The van der Waals surface area contributed by atoms with Crippen molar-refractivity contribution in [2.45, 2.75) is 0 Å². The molecule has 1 N–H and O–H groups in total. The van der Waals surface area contributed by atoms with Crippen LogP contribution in [0.2, 0.25) is 0 Å². The molecule has 2 aromatic rings. The second kappa shape index (κ2) is 2.12. The van der Waals surface area contributed by atoms with Crippen molar-refractivity contribution in [3.63, 3.8) is 0 Å². The largest absolute Gasteiger partial charge is 0.281 e. The van der Waals surface area contributed by atoms with Gasteiger partial charge in [0.25, 0.3) is 6.29 Å². The van der Waals surface area contributed by atoms with Gasteiger partial charge in [-0.15, -0.1) is 0 Å². The quantitative estimate of drug-likeness (QED) is 0.606. The maximum Gasteiger partial charge on any atom is 0.274 e. The number of H-pyrrole nitrogens is 1. The Labute approximate surface area is 61.5 Å². The fourth-order valence-electron chi connectivity index (χ4n) is 0.792. The number of aromatic amines is 1. The SMILES string of the molecule is O=[C]c1ncc2[nH]ncc2n1. The van der Waals surface area contributed by atoms with Crippen LogP contribution in [-0.2, 0) is 4.79 Å². The van der Waals surface area contributed by atoms with E-state index in [1.54, 1.807) is 6.29 Å². The summed E-state index contributed by atoms with van der Waals surface area (Å²) in [6.45, 7) is 0. The van der Waals surface area contributed by atoms with Crippen LogP contribution in [0.4, 0.5) is 0 Å². The van der Waals surface area contributed by atoms with E-state index in [0.29, 0.717) is 11.0 Å². The zero-order valence-corrected chi connectivity index (χ0v) is 5.40. The Balaban J connectivity index is 2.76. The highest BCUT2D eigenvalue weighted by Gasteiger charge is 1.99. The van der Waals surface area contributed by atoms with Crippen molar-refractivity contribution >= 4 is 17.3 Å². The first-order valence-corrected chi connectivity index (χ1v) is 2.94. The Morgan fingerprint density at radius 3 is 3.18 bits per heavy atom. The van der Waals surface area contributed by atoms with Crippen LogP contribution in [0.1, 0.15) is 5.82 Å². The van der Waals surface area contributed by atoms with Crippen molar-refractivity contribution in [3.05, 3.63) is 18.2 Å². The number of aromatic nitrogens is 4. The summed E-state index contributed by atoms with van der Waals surface area (Å²) in [5.74, 6) is 0.0545. The number of nitrogens with one attached hydrogen (secondary N) is 1. The lowest BCUT2D eigenvalue weighted by Crippen LogP contribution is -1.90. The van der Waals surface area contributed by atoms with Gasteiger partial charge in [0.15, 0.2) is 0 Å². The molecule has 0 aromatic carbocycles. The molecule has 0 spiro atoms. The molecule has 2 rings (SSSR count). The summed E-state index contributed by atoms with van der Waals surface area (Å²) in [4.78, 5) is 17.6. The highest BCUT2D eigenvalue weighted by atomic mass is 16.1. The molecule has 0 aliphatic carbocycles. The molecule has 0 aliphatic rings. The fourth-order valence-corrected chi connectivity index (χ4v) is 0.792. The Bertz CT molecular complexity index is 394. The summed E-state index contributed by atoms with van der Waals surface area (Å²) in [7, 11) is 0. The topological polar surface area (TPSA) is 71.5 Å². The van der Waals surface area contributed by atoms with Crippen LogP contribution >= 0.6 is 0 Å². The molecule has 0 amide bonds. The first kappa shape index (κ1) is 5.96. The van der Waals surface area contributed by atoms with Crippen molar-refractivity contribution in [2.75, 3.05) is 0 Å². The number of hydrogen-bond acceptors (Lipinski definition) is 4. The molecule has 0 aliphatic heterocycles. The predicted molar refractivity (Wildman–Crippen MR) is 36.5 cm³/mol. The van der Waals surface area contributed by atoms with E-state index in [9.17, 15) is 4.79 Å². The average Bonchev–Trinajstić information content (AvgIpc) is 2.50. The number of nitrogens with zero attached hydrogens (tertiary/aromatic N) is 3. The van der Waals surface area contributed by atoms with Crippen molar-refractivity contribution in [1.29, 1.82) is 0 Å². The van der Waals surface area contributed by atoms with Crippen LogP contribution in [0.25, 0.3) is 11.0 Å². The maximum atomic E-state index is 10.1. The second-order valence-electron chi connectivity index (χ2n) is 1.96. The van der Waals surface area contributed by atoms with Gasteiger partial charge in [0, 0.05) is 0 Å². The van der Waals surface area contributed by atoms with Crippen molar-refractivity contribution in [1.82, 2.24) is 20.2 Å². The summed E-state index contributed by atoms with van der Waals surface area (Å²) in [5.41, 5.74) is 1.34. The number of rotatable bonds is 1. The van der Waals surface area contributed by atoms with E-state index in [4.69, 9.17) is 0 Å². The molecule has 0 saturated carbocycles. The predicted octanol–water partition coefficient (Wildman–Crippen LogP) is -0.189. The van der Waals surface area contributed by atoms with Crippen LogP contribution in [0.15, 0.2) is 12.4 Å². The highest BCUT2D eigenvalue weighted by molar-refractivity contribution is 5.77. The minimum absolute atomic E-state index is 0.0545. The monoisotopic (exact) mass is 147 g/mol. The first-order chi connectivity index (χ1) is 5.40. The third-order valence-electron chi connectivity index (χ3n) is 1.28. The number of carbonyl (C=O) groups excluding carboxylic acids is 1. The summed E-state index contributed by atoms with van der Waals surface area (Å²) in [6.07, 6.45) is 4.62. The van der Waals surface area contributed by atoms with Crippen LogP contribution in [0.5, 0.6) is 0 Å². The van der Waals surface area contributed by atoms with Gasteiger partial charge >= 0.3 is 0 Å². The molecule has 0 unspecified atom stereocenters. The molecule has 2 aromatic heterocycles. The summed E-state index contributed by atoms with van der Waals surface area (Å²) >= 11 is 0. The Morgan fingerprint density at radius 2 is 2.36 bits per heavy atom. The molecule has 0 bridgehead atoms. The minimum Gasteiger partial charge on any atom is -0.281 e. The van der Waals surface area contributed by atoms with Gasteiger partial charge in [0.1, 0.15) is 11.0 Å². The minimum atomic E-state index is 0.0545. The molecule has 2 heterocycles. The lowest BCUT2D eigenvalue weighted by atomic mass is 10.4. The third kappa shape index (κ3) is 0.861.